The number of benzene rings is 6. The second-order valence-corrected chi connectivity index (χ2v) is 26.6. The number of aromatic nitrogens is 12. The highest BCUT2D eigenvalue weighted by atomic mass is 35.5. The predicted molar refractivity (Wildman–Crippen MR) is 407 cm³/mol. The third kappa shape index (κ3) is 16.1. The van der Waals surface area contributed by atoms with E-state index in [4.69, 9.17) is 58.3 Å². The lowest BCUT2D eigenvalue weighted by atomic mass is 10.1. The molecule has 3 aliphatic rings. The van der Waals surface area contributed by atoms with Gasteiger partial charge in [0.1, 0.15) is 108 Å². The van der Waals surface area contributed by atoms with Crippen LogP contribution in [0.25, 0.3) is 66.9 Å². The number of hydrogen-bond acceptors (Lipinski definition) is 19. The molecule has 108 heavy (non-hydrogen) atoms. The summed E-state index contributed by atoms with van der Waals surface area (Å²) in [6.07, 6.45) is 13.4. The van der Waals surface area contributed by atoms with Crippen molar-refractivity contribution in [1.29, 1.82) is 5.26 Å². The number of amides is 3. The maximum Gasteiger partial charge on any atom is 0.246 e. The van der Waals surface area contributed by atoms with Crippen molar-refractivity contribution in [2.75, 3.05) is 56.5 Å². The molecule has 6 N–H and O–H groups in total. The number of carbonyl (C=O) groups is 3. The quantitative estimate of drug-likeness (QED) is 0.0672. The van der Waals surface area contributed by atoms with Crippen molar-refractivity contribution < 1.29 is 37.4 Å². The highest BCUT2D eigenvalue weighted by Crippen LogP contribution is 2.41. The summed E-state index contributed by atoms with van der Waals surface area (Å²) in [4.78, 5) is 67.9. The number of halogens is 3. The first-order chi connectivity index (χ1) is 52.5. The Morgan fingerprint density at radius 3 is 1.29 bits per heavy atom. The molecule has 25 nitrogen and oxygen atoms in total. The Hall–Kier alpha value is -13.0. The largest absolute Gasteiger partial charge is 0.489 e. The average Bonchev–Trinajstić information content (AvgIpc) is 1.62. The van der Waals surface area contributed by atoms with E-state index in [2.05, 4.69) is 55.7 Å². The van der Waals surface area contributed by atoms with E-state index in [0.29, 0.717) is 147 Å². The van der Waals surface area contributed by atoms with Gasteiger partial charge < -0.3 is 46.1 Å². The molecular weight excluding hydrogens is 1400 g/mol. The van der Waals surface area contributed by atoms with E-state index in [-0.39, 0.29) is 66.5 Å². The molecule has 9 heterocycles. The zero-order valence-electron chi connectivity index (χ0n) is 59.1. The monoisotopic (exact) mass is 1470 g/mol. The maximum atomic E-state index is 13.5. The number of ether oxygens (including phenoxy) is 3. The number of piperidine rings is 3. The van der Waals surface area contributed by atoms with E-state index in [1.54, 1.807) is 55.8 Å². The van der Waals surface area contributed by atoms with Gasteiger partial charge in [-0.1, -0.05) is 85.9 Å². The van der Waals surface area contributed by atoms with E-state index >= 15 is 0 Å². The van der Waals surface area contributed by atoms with Gasteiger partial charge in [-0.15, -0.1) is 0 Å². The number of hydrogen-bond donors (Lipinski definition) is 3. The number of aryl methyl sites for hydroxylation is 1. The first kappa shape index (κ1) is 73.4. The van der Waals surface area contributed by atoms with Crippen LogP contribution in [0.2, 0.25) is 5.02 Å². The molecule has 0 spiro atoms. The Bertz CT molecular complexity index is 5430. The first-order valence-electron chi connectivity index (χ1n) is 35.0. The van der Waals surface area contributed by atoms with Gasteiger partial charge in [-0.2, -0.15) is 20.6 Å². The molecule has 3 atom stereocenters. The molecule has 3 fully saturated rings. The Kier molecular flexibility index (Phi) is 22.4. The van der Waals surface area contributed by atoms with Crippen molar-refractivity contribution in [2.24, 2.45) is 0 Å². The summed E-state index contributed by atoms with van der Waals surface area (Å²) < 4.78 is 50.2. The molecule has 0 unspecified atom stereocenters. The molecule has 0 bridgehead atoms. The van der Waals surface area contributed by atoms with Crippen LogP contribution < -0.4 is 31.4 Å². The summed E-state index contributed by atoms with van der Waals surface area (Å²) >= 11 is 6.59. The minimum absolute atomic E-state index is 0.0387. The number of nitrogens with two attached hydrogens (primary N) is 3. The van der Waals surface area contributed by atoms with Gasteiger partial charge in [0, 0.05) is 56.0 Å². The molecule has 0 aliphatic carbocycles. The number of nitrogens with zero attached hydrogens (tertiary/aromatic N) is 16. The van der Waals surface area contributed by atoms with Crippen molar-refractivity contribution in [1.82, 2.24) is 73.9 Å². The highest BCUT2D eigenvalue weighted by Gasteiger charge is 2.32. The standard InChI is InChI=1S/C27H24FN7O2.C27H27FN6O2.C26H25ClN6O2/c1-2-23(36)34-10-4-7-21(14-34)35-27-24(26(30)31-16-32-27)25(33-35)18-8-9-22(19(12-18)13-29)37-15-17-5-3-6-20(28)11-17;1-3-23(35)33-11-5-8-21(14-33)34-27-24(26(29)30-16-31-27)25(32-34)19-9-10-22(17(2)12-19)36-15-18-6-4-7-20(28)13-18;1-2-22(34)32-12-6-9-19(14-32)33-26-23(25(28)29-16-30-26)24(31-33)18-10-11-21(20(27)13-18)35-15-17-7-4-3-5-8-17/h2-3,5-6,8-9,11-12,16,21H,1,4,7,10,14-15H2,(H2,30,31,32);3-4,6-7,9-10,12-13,16,21H,1,5,8,11,14-15H2,2H3,(H2,29,30,31);2-5,7-8,10-11,13,16,19H,1,6,9,12,14-15H2,(H2,28,29,30)/t2*21-;19-/m111/s1. The third-order valence-electron chi connectivity index (χ3n) is 19.1. The Labute approximate surface area is 625 Å². The van der Waals surface area contributed by atoms with Crippen molar-refractivity contribution in [3.63, 3.8) is 0 Å². The number of fused-ring (bicyclic) bond motifs is 3. The van der Waals surface area contributed by atoms with E-state index in [9.17, 15) is 28.4 Å². The van der Waals surface area contributed by atoms with E-state index in [0.717, 1.165) is 66.3 Å². The zero-order valence-corrected chi connectivity index (χ0v) is 59.9. The van der Waals surface area contributed by atoms with E-state index in [1.165, 1.54) is 61.5 Å². The number of nitriles is 1. The molecule has 6 aromatic carbocycles. The minimum atomic E-state index is -0.353. The Balaban J connectivity index is 0.000000143. The summed E-state index contributed by atoms with van der Waals surface area (Å²) in [5.41, 5.74) is 28.4. The Morgan fingerprint density at radius 2 is 0.880 bits per heavy atom. The van der Waals surface area contributed by atoms with Gasteiger partial charge in [0.15, 0.2) is 16.9 Å². The summed E-state index contributed by atoms with van der Waals surface area (Å²) in [6.45, 7) is 17.1. The van der Waals surface area contributed by atoms with E-state index in [1.807, 2.05) is 89.1 Å². The molecule has 12 aromatic rings. The Morgan fingerprint density at radius 1 is 0.500 bits per heavy atom. The summed E-state index contributed by atoms with van der Waals surface area (Å²) in [7, 11) is 0. The lowest BCUT2D eigenvalue weighted by Gasteiger charge is -2.32. The molecule has 6 aromatic heterocycles. The van der Waals surface area contributed by atoms with Gasteiger partial charge in [0.05, 0.1) is 44.9 Å². The van der Waals surface area contributed by atoms with E-state index < -0.39 is 0 Å². The fourth-order valence-electron chi connectivity index (χ4n) is 13.7. The normalized spacial score (nSPS) is 15.6. The van der Waals surface area contributed by atoms with Crippen LogP contribution in [0.1, 0.15) is 84.5 Å². The summed E-state index contributed by atoms with van der Waals surface area (Å²) in [5, 5.41) is 26.9. The van der Waals surface area contributed by atoms with Crippen LogP contribution in [0, 0.1) is 29.9 Å². The van der Waals surface area contributed by atoms with Crippen LogP contribution in [0.15, 0.2) is 190 Å². The number of likely N-dealkylation sites (tertiary alicyclic amines) is 3. The fourth-order valence-corrected chi connectivity index (χ4v) is 14.0. The van der Waals surface area contributed by atoms with Gasteiger partial charge in [-0.25, -0.2) is 52.7 Å². The van der Waals surface area contributed by atoms with Gasteiger partial charge in [-0.3, -0.25) is 14.4 Å². The minimum Gasteiger partial charge on any atom is -0.489 e. The highest BCUT2D eigenvalue weighted by molar-refractivity contribution is 6.32. The molecule has 28 heteroatoms. The molecule has 548 valence electrons. The second kappa shape index (κ2) is 33.0. The van der Waals surface area contributed by atoms with Crippen molar-refractivity contribution in [3.8, 4) is 57.1 Å². The maximum absolute atomic E-state index is 13.5. The smallest absolute Gasteiger partial charge is 0.246 e. The fraction of sp³-hybridized carbons (Fsp3) is 0.237. The predicted octanol–water partition coefficient (Wildman–Crippen LogP) is 13.1. The number of nitrogen functional groups attached to an aromatic ring is 3. The van der Waals surface area contributed by atoms with Crippen LogP contribution in [-0.2, 0) is 34.2 Å². The van der Waals surface area contributed by atoms with Gasteiger partial charge in [-0.05, 0) is 165 Å². The molecule has 3 saturated heterocycles. The molecule has 0 radical (unpaired) electrons. The van der Waals surface area contributed by atoms with Crippen molar-refractivity contribution >= 4 is 79.9 Å². The average molecular weight is 1470 g/mol. The zero-order chi connectivity index (χ0) is 75.5. The topological polar surface area (TPSA) is 321 Å². The van der Waals surface area contributed by atoms with Crippen LogP contribution in [0.4, 0.5) is 26.2 Å². The van der Waals surface area contributed by atoms with Gasteiger partial charge in [0.25, 0.3) is 0 Å². The van der Waals surface area contributed by atoms with Crippen LogP contribution in [0.5, 0.6) is 17.2 Å². The van der Waals surface area contributed by atoms with Gasteiger partial charge in [0.2, 0.25) is 17.7 Å². The van der Waals surface area contributed by atoms with Crippen molar-refractivity contribution in [3.05, 3.63) is 235 Å². The second-order valence-electron chi connectivity index (χ2n) is 26.2. The summed E-state index contributed by atoms with van der Waals surface area (Å²) in [5.74, 6) is 1.66. The molecule has 3 aliphatic heterocycles. The van der Waals surface area contributed by atoms with Crippen LogP contribution >= 0.6 is 11.6 Å². The lowest BCUT2D eigenvalue weighted by molar-refractivity contribution is -0.128. The summed E-state index contributed by atoms with van der Waals surface area (Å²) in [6, 6.07) is 40.8. The molecular formula is C80H76ClF2N19O6. The number of rotatable bonds is 18. The van der Waals surface area contributed by atoms with Gasteiger partial charge >= 0.3 is 0 Å². The lowest BCUT2D eigenvalue weighted by Crippen LogP contribution is -2.40. The molecule has 15 rings (SSSR count). The van der Waals surface area contributed by atoms with Crippen molar-refractivity contribution in [2.45, 2.75) is 83.4 Å². The number of carbonyl (C=O) groups excluding carboxylic acids is 3. The molecule has 3 amide bonds. The SMILES string of the molecule is C=CC(=O)N1CCC[C@@H](n2nc(-c3ccc(OCc4cccc(F)c4)c(C#N)c3)c3c(N)ncnc32)C1.C=CC(=O)N1CCC[C@@H](n2nc(-c3ccc(OCc4cccc(F)c4)c(C)c3)c3c(N)ncnc32)C1.C=CC(=O)N1CCC[C@@H](n2nc(-c3ccc(OCc4ccccc4)c(Cl)c3)c3c(N)ncnc32)C1. The number of anilines is 3. The first-order valence-corrected chi connectivity index (χ1v) is 35.4. The molecule has 0 saturated carbocycles. The third-order valence-corrected chi connectivity index (χ3v) is 19.4. The van der Waals surface area contributed by atoms with Crippen LogP contribution in [0.3, 0.4) is 0 Å². The van der Waals surface area contributed by atoms with Crippen LogP contribution in [-0.4, -0.2) is 131 Å².